The first kappa shape index (κ1) is 16.6. The van der Waals surface area contributed by atoms with Crippen molar-refractivity contribution in [1.82, 2.24) is 10.0 Å². The third-order valence-electron chi connectivity index (χ3n) is 2.54. The summed E-state index contributed by atoms with van der Waals surface area (Å²) in [6.45, 7) is 4.04. The molecule has 0 unspecified atom stereocenters. The summed E-state index contributed by atoms with van der Waals surface area (Å²) in [5.74, 6) is -0.182. The molecule has 0 saturated carbocycles. The largest absolute Gasteiger partial charge is 0.354 e. The number of hydrogen-bond donors (Lipinski definition) is 3. The molecule has 0 radical (unpaired) electrons. The van der Waals surface area contributed by atoms with Crippen molar-refractivity contribution in [3.63, 3.8) is 0 Å². The summed E-state index contributed by atoms with van der Waals surface area (Å²) >= 11 is 0. The number of nitrogens with one attached hydrogen (secondary N) is 2. The minimum atomic E-state index is -3.60. The molecule has 6 nitrogen and oxygen atoms in total. The van der Waals surface area contributed by atoms with Gasteiger partial charge in [-0.3, -0.25) is 4.79 Å². The van der Waals surface area contributed by atoms with E-state index < -0.39 is 10.0 Å². The van der Waals surface area contributed by atoms with Crippen LogP contribution in [0.1, 0.15) is 25.8 Å². The lowest BCUT2D eigenvalue weighted by molar-refractivity contribution is -0.121. The lowest BCUT2D eigenvalue weighted by atomic mass is 10.2. The minimum Gasteiger partial charge on any atom is -0.354 e. The van der Waals surface area contributed by atoms with Crippen molar-refractivity contribution in [2.45, 2.75) is 37.8 Å². The maximum Gasteiger partial charge on any atom is 0.240 e. The molecule has 0 aromatic heterocycles. The van der Waals surface area contributed by atoms with Gasteiger partial charge >= 0.3 is 0 Å². The van der Waals surface area contributed by atoms with E-state index in [-0.39, 0.29) is 36.4 Å². The highest BCUT2D eigenvalue weighted by Crippen LogP contribution is 2.10. The van der Waals surface area contributed by atoms with Crippen molar-refractivity contribution in [2.75, 3.05) is 6.54 Å². The minimum absolute atomic E-state index is 0.0420. The number of rotatable bonds is 7. The van der Waals surface area contributed by atoms with Crippen LogP contribution in [0.3, 0.4) is 0 Å². The molecule has 0 saturated heterocycles. The third-order valence-corrected chi connectivity index (χ3v) is 4.00. The Labute approximate surface area is 119 Å². The van der Waals surface area contributed by atoms with E-state index in [9.17, 15) is 13.2 Å². The fraction of sp³-hybridized carbons (Fsp3) is 0.462. The summed E-state index contributed by atoms with van der Waals surface area (Å²) in [6.07, 6.45) is 0.105. The Bertz CT molecular complexity index is 556. The van der Waals surface area contributed by atoms with Gasteiger partial charge in [0.25, 0.3) is 0 Å². The number of carbonyl (C=O) groups is 1. The van der Waals surface area contributed by atoms with Gasteiger partial charge in [0.15, 0.2) is 0 Å². The number of benzene rings is 1. The molecule has 0 aliphatic heterocycles. The van der Waals surface area contributed by atoms with Crippen LogP contribution in [0.25, 0.3) is 0 Å². The normalized spacial score (nSPS) is 11.6. The molecule has 4 N–H and O–H groups in total. The Hall–Kier alpha value is -1.44. The van der Waals surface area contributed by atoms with Crippen LogP contribution in [-0.2, 0) is 21.4 Å². The van der Waals surface area contributed by atoms with Crippen LogP contribution in [0.2, 0.25) is 0 Å². The van der Waals surface area contributed by atoms with Gasteiger partial charge < -0.3 is 11.1 Å². The first-order valence-electron chi connectivity index (χ1n) is 6.43. The first-order valence-corrected chi connectivity index (χ1v) is 7.91. The highest BCUT2D eigenvalue weighted by atomic mass is 32.2. The van der Waals surface area contributed by atoms with Crippen LogP contribution in [0.4, 0.5) is 0 Å². The summed E-state index contributed by atoms with van der Waals surface area (Å²) in [6, 6.07) is 6.46. The van der Waals surface area contributed by atoms with Gasteiger partial charge in [-0.1, -0.05) is 12.1 Å². The summed E-state index contributed by atoms with van der Waals surface area (Å²) in [5.41, 5.74) is 6.22. The van der Waals surface area contributed by atoms with Gasteiger partial charge in [0, 0.05) is 25.6 Å². The van der Waals surface area contributed by atoms with E-state index in [0.29, 0.717) is 0 Å². The van der Waals surface area contributed by atoms with E-state index >= 15 is 0 Å². The summed E-state index contributed by atoms with van der Waals surface area (Å²) in [4.78, 5) is 11.6. The second-order valence-corrected chi connectivity index (χ2v) is 6.49. The molecule has 1 amide bonds. The summed E-state index contributed by atoms with van der Waals surface area (Å²) in [5, 5.41) is 2.70. The molecule has 0 aliphatic rings. The van der Waals surface area contributed by atoms with Gasteiger partial charge in [-0.15, -0.1) is 0 Å². The van der Waals surface area contributed by atoms with E-state index in [2.05, 4.69) is 10.0 Å². The predicted molar refractivity (Wildman–Crippen MR) is 77.4 cm³/mol. The Morgan fingerprint density at radius 1 is 1.35 bits per heavy atom. The van der Waals surface area contributed by atoms with Crippen molar-refractivity contribution < 1.29 is 13.2 Å². The highest BCUT2D eigenvalue weighted by Gasteiger charge is 2.14. The van der Waals surface area contributed by atoms with Crippen LogP contribution < -0.4 is 15.8 Å². The smallest absolute Gasteiger partial charge is 0.240 e. The zero-order chi connectivity index (χ0) is 15.2. The molecular formula is C13H21N3O3S. The molecule has 7 heteroatoms. The Kier molecular flexibility index (Phi) is 6.12. The zero-order valence-electron chi connectivity index (χ0n) is 11.7. The lowest BCUT2D eigenvalue weighted by Crippen LogP contribution is -2.34. The zero-order valence-corrected chi connectivity index (χ0v) is 12.5. The summed E-state index contributed by atoms with van der Waals surface area (Å²) < 4.78 is 26.4. The Balaban J connectivity index is 2.59. The average molecular weight is 299 g/mol. The van der Waals surface area contributed by atoms with Gasteiger partial charge in [-0.05, 0) is 31.5 Å². The number of amides is 1. The van der Waals surface area contributed by atoms with Gasteiger partial charge in [-0.25, -0.2) is 13.1 Å². The molecule has 1 aromatic carbocycles. The van der Waals surface area contributed by atoms with Crippen molar-refractivity contribution in [3.8, 4) is 0 Å². The SMILES string of the molecule is CC(C)NC(=O)CCNS(=O)(=O)c1cccc(CN)c1. The second-order valence-electron chi connectivity index (χ2n) is 4.72. The fourth-order valence-electron chi connectivity index (χ4n) is 1.62. The maximum absolute atomic E-state index is 12.0. The molecule has 0 fully saturated rings. The monoisotopic (exact) mass is 299 g/mol. The van der Waals surface area contributed by atoms with Gasteiger partial charge in [-0.2, -0.15) is 0 Å². The van der Waals surface area contributed by atoms with Crippen LogP contribution in [-0.4, -0.2) is 26.9 Å². The fourth-order valence-corrected chi connectivity index (χ4v) is 2.72. The van der Waals surface area contributed by atoms with E-state index in [4.69, 9.17) is 5.73 Å². The lowest BCUT2D eigenvalue weighted by Gasteiger charge is -2.10. The van der Waals surface area contributed by atoms with Gasteiger partial charge in [0.2, 0.25) is 15.9 Å². The Morgan fingerprint density at radius 3 is 2.65 bits per heavy atom. The standard InChI is InChI=1S/C13H21N3O3S/c1-10(2)16-13(17)6-7-15-20(18,19)12-5-3-4-11(8-12)9-14/h3-5,8,10,15H,6-7,9,14H2,1-2H3,(H,16,17). The molecule has 112 valence electrons. The van der Waals surface area contributed by atoms with Crippen LogP contribution >= 0.6 is 0 Å². The van der Waals surface area contributed by atoms with Crippen molar-refractivity contribution in [3.05, 3.63) is 29.8 Å². The van der Waals surface area contributed by atoms with Crippen LogP contribution in [0, 0.1) is 0 Å². The number of carbonyl (C=O) groups excluding carboxylic acids is 1. The first-order chi connectivity index (χ1) is 9.35. The number of sulfonamides is 1. The van der Waals surface area contributed by atoms with Crippen LogP contribution in [0.5, 0.6) is 0 Å². The topological polar surface area (TPSA) is 101 Å². The van der Waals surface area contributed by atoms with Crippen molar-refractivity contribution in [2.24, 2.45) is 5.73 Å². The van der Waals surface area contributed by atoms with Crippen molar-refractivity contribution >= 4 is 15.9 Å². The quantitative estimate of drug-likeness (QED) is 0.675. The molecule has 0 heterocycles. The van der Waals surface area contributed by atoms with Gasteiger partial charge in [0.1, 0.15) is 0 Å². The van der Waals surface area contributed by atoms with E-state index in [0.717, 1.165) is 5.56 Å². The number of hydrogen-bond acceptors (Lipinski definition) is 4. The molecule has 0 aliphatic carbocycles. The molecule has 1 aromatic rings. The average Bonchev–Trinajstić information content (AvgIpc) is 2.37. The van der Waals surface area contributed by atoms with Gasteiger partial charge in [0.05, 0.1) is 4.90 Å². The predicted octanol–water partition coefficient (Wildman–Crippen LogP) is 0.338. The van der Waals surface area contributed by atoms with E-state index in [1.165, 1.54) is 12.1 Å². The van der Waals surface area contributed by atoms with E-state index in [1.807, 2.05) is 13.8 Å². The number of nitrogens with two attached hydrogens (primary N) is 1. The second kappa shape index (κ2) is 7.37. The van der Waals surface area contributed by atoms with Crippen LogP contribution in [0.15, 0.2) is 29.2 Å². The molecule has 0 spiro atoms. The maximum atomic E-state index is 12.0. The Morgan fingerprint density at radius 2 is 2.05 bits per heavy atom. The third kappa shape index (κ3) is 5.28. The molecule has 1 rings (SSSR count). The molecule has 20 heavy (non-hydrogen) atoms. The molecule has 0 bridgehead atoms. The van der Waals surface area contributed by atoms with E-state index in [1.54, 1.807) is 12.1 Å². The van der Waals surface area contributed by atoms with Crippen molar-refractivity contribution in [1.29, 1.82) is 0 Å². The molecular weight excluding hydrogens is 278 g/mol. The highest BCUT2D eigenvalue weighted by molar-refractivity contribution is 7.89. The summed E-state index contributed by atoms with van der Waals surface area (Å²) in [7, 11) is -3.60. The molecule has 0 atom stereocenters.